The maximum Gasteiger partial charge on any atom is 0.337 e. The Labute approximate surface area is 180 Å². The number of carbonyl (C=O) groups is 4. The number of carbonyl (C=O) groups excluding carboxylic acids is 4. The molecule has 162 valence electrons. The van der Waals surface area contributed by atoms with E-state index in [0.29, 0.717) is 0 Å². The van der Waals surface area contributed by atoms with Crippen LogP contribution in [0.5, 0.6) is 0 Å². The fraction of sp³-hybridized carbons (Fsp3) is 0.304. The first kappa shape index (κ1) is 22.0. The predicted molar refractivity (Wildman–Crippen MR) is 112 cm³/mol. The second-order valence-electron chi connectivity index (χ2n) is 7.31. The number of hydrogen-bond acceptors (Lipinski definition) is 6. The first-order valence-corrected chi connectivity index (χ1v) is 9.81. The summed E-state index contributed by atoms with van der Waals surface area (Å²) in [6, 6.07) is 13.6. The van der Waals surface area contributed by atoms with Crippen LogP contribution in [0, 0.1) is 5.92 Å². The van der Waals surface area contributed by atoms with Crippen LogP contribution in [0.1, 0.15) is 45.7 Å². The zero-order chi connectivity index (χ0) is 22.5. The van der Waals surface area contributed by atoms with Crippen molar-refractivity contribution in [3.8, 4) is 0 Å². The molecule has 1 fully saturated rings. The van der Waals surface area contributed by atoms with Crippen LogP contribution in [0.15, 0.2) is 48.5 Å². The van der Waals surface area contributed by atoms with Crippen LogP contribution >= 0.6 is 0 Å². The third kappa shape index (κ3) is 4.91. The van der Waals surface area contributed by atoms with Crippen molar-refractivity contribution in [2.75, 3.05) is 26.1 Å². The second kappa shape index (κ2) is 9.42. The summed E-state index contributed by atoms with van der Waals surface area (Å²) < 4.78 is 9.41. The number of esters is 2. The summed E-state index contributed by atoms with van der Waals surface area (Å²) in [4.78, 5) is 50.9. The van der Waals surface area contributed by atoms with Crippen molar-refractivity contribution in [2.45, 2.75) is 19.4 Å². The minimum absolute atomic E-state index is 0.0869. The number of nitrogens with zero attached hydrogens (tertiary/aromatic N) is 1. The van der Waals surface area contributed by atoms with Crippen molar-refractivity contribution in [3.63, 3.8) is 0 Å². The number of amides is 2. The number of methoxy groups -OCH3 is 2. The molecule has 31 heavy (non-hydrogen) atoms. The Kier molecular flexibility index (Phi) is 6.69. The highest BCUT2D eigenvalue weighted by Gasteiger charge is 2.37. The topological polar surface area (TPSA) is 102 Å². The molecular formula is C23H24N2O6. The molecular weight excluding hydrogens is 400 g/mol. The Balaban J connectivity index is 1.76. The zero-order valence-electron chi connectivity index (χ0n) is 17.6. The highest BCUT2D eigenvalue weighted by atomic mass is 16.5. The minimum atomic E-state index is -0.653. The maximum atomic E-state index is 12.8. The SMILES string of the molecule is COC(=O)c1cc(NC(=O)[C@@H]2CC(=O)N([C@@H](C)c3ccccc3)C2)cc(C(=O)OC)c1. The molecule has 1 saturated heterocycles. The number of rotatable bonds is 6. The lowest BCUT2D eigenvalue weighted by Crippen LogP contribution is -2.30. The Hall–Kier alpha value is -3.68. The van der Waals surface area contributed by atoms with Gasteiger partial charge in [-0.2, -0.15) is 0 Å². The summed E-state index contributed by atoms with van der Waals surface area (Å²) >= 11 is 0. The van der Waals surface area contributed by atoms with Crippen LogP contribution in [0.3, 0.4) is 0 Å². The molecule has 1 N–H and O–H groups in total. The molecule has 0 unspecified atom stereocenters. The zero-order valence-corrected chi connectivity index (χ0v) is 17.6. The highest BCUT2D eigenvalue weighted by Crippen LogP contribution is 2.29. The van der Waals surface area contributed by atoms with Gasteiger partial charge in [-0.1, -0.05) is 30.3 Å². The van der Waals surface area contributed by atoms with Gasteiger partial charge in [-0.3, -0.25) is 9.59 Å². The average molecular weight is 424 g/mol. The van der Waals surface area contributed by atoms with Crippen molar-refractivity contribution in [1.82, 2.24) is 4.90 Å². The van der Waals surface area contributed by atoms with Gasteiger partial charge in [0.05, 0.1) is 37.3 Å². The van der Waals surface area contributed by atoms with Gasteiger partial charge in [0.15, 0.2) is 0 Å². The van der Waals surface area contributed by atoms with E-state index < -0.39 is 17.9 Å². The smallest absolute Gasteiger partial charge is 0.337 e. The van der Waals surface area contributed by atoms with Gasteiger partial charge in [0.1, 0.15) is 0 Å². The summed E-state index contributed by atoms with van der Waals surface area (Å²) in [6.45, 7) is 2.21. The van der Waals surface area contributed by atoms with Crippen molar-refractivity contribution in [3.05, 3.63) is 65.2 Å². The Bertz CT molecular complexity index is 970. The Morgan fingerprint density at radius 1 is 1.00 bits per heavy atom. The Morgan fingerprint density at radius 3 is 2.13 bits per heavy atom. The average Bonchev–Trinajstić information content (AvgIpc) is 3.19. The molecule has 0 spiro atoms. The normalized spacial score (nSPS) is 16.5. The fourth-order valence-corrected chi connectivity index (χ4v) is 3.61. The molecule has 2 atom stereocenters. The molecule has 3 rings (SSSR count). The monoisotopic (exact) mass is 424 g/mol. The Morgan fingerprint density at radius 2 is 1.58 bits per heavy atom. The lowest BCUT2D eigenvalue weighted by molar-refractivity contribution is -0.129. The highest BCUT2D eigenvalue weighted by molar-refractivity contribution is 6.01. The van der Waals surface area contributed by atoms with Crippen LogP contribution in [0.2, 0.25) is 0 Å². The van der Waals surface area contributed by atoms with E-state index in [0.717, 1.165) is 5.56 Å². The molecule has 2 aromatic carbocycles. The van der Waals surface area contributed by atoms with Gasteiger partial charge < -0.3 is 19.7 Å². The van der Waals surface area contributed by atoms with Gasteiger partial charge in [-0.15, -0.1) is 0 Å². The van der Waals surface area contributed by atoms with E-state index in [1.54, 1.807) is 4.90 Å². The van der Waals surface area contributed by atoms with Crippen LogP contribution < -0.4 is 5.32 Å². The number of hydrogen-bond donors (Lipinski definition) is 1. The lowest BCUT2D eigenvalue weighted by atomic mass is 10.1. The van der Waals surface area contributed by atoms with Crippen molar-refractivity contribution in [2.24, 2.45) is 5.92 Å². The molecule has 1 aliphatic rings. The van der Waals surface area contributed by atoms with Crippen molar-refractivity contribution < 1.29 is 28.7 Å². The lowest BCUT2D eigenvalue weighted by Gasteiger charge is -2.25. The molecule has 0 saturated carbocycles. The number of benzene rings is 2. The number of anilines is 1. The third-order valence-corrected chi connectivity index (χ3v) is 5.32. The van der Waals surface area contributed by atoms with E-state index >= 15 is 0 Å². The molecule has 8 nitrogen and oxygen atoms in total. The number of nitrogens with one attached hydrogen (secondary N) is 1. The van der Waals surface area contributed by atoms with Gasteiger partial charge in [0.2, 0.25) is 11.8 Å². The summed E-state index contributed by atoms with van der Waals surface area (Å²) in [5.74, 6) is -2.33. The summed E-state index contributed by atoms with van der Waals surface area (Å²) in [5, 5.41) is 2.71. The van der Waals surface area contributed by atoms with E-state index in [2.05, 4.69) is 5.32 Å². The van der Waals surface area contributed by atoms with E-state index in [9.17, 15) is 19.2 Å². The van der Waals surface area contributed by atoms with Gasteiger partial charge >= 0.3 is 11.9 Å². The van der Waals surface area contributed by atoms with E-state index in [4.69, 9.17) is 9.47 Å². The summed E-state index contributed by atoms with van der Waals surface area (Å²) in [7, 11) is 2.44. The van der Waals surface area contributed by atoms with Gasteiger partial charge in [0.25, 0.3) is 0 Å². The molecule has 1 heterocycles. The number of likely N-dealkylation sites (tertiary alicyclic amines) is 1. The summed E-state index contributed by atoms with van der Waals surface area (Å²) in [6.07, 6.45) is 0.0869. The standard InChI is InChI=1S/C23H24N2O6/c1-14(15-7-5-4-6-8-15)25-13-18(12-20(25)26)21(27)24-19-10-16(22(28)30-2)9-17(11-19)23(29)31-3/h4-11,14,18H,12-13H2,1-3H3,(H,24,27)/t14-,18+/m0/s1. The fourth-order valence-electron chi connectivity index (χ4n) is 3.61. The first-order valence-electron chi connectivity index (χ1n) is 9.81. The van der Waals surface area contributed by atoms with Gasteiger partial charge in [-0.05, 0) is 30.7 Å². The van der Waals surface area contributed by atoms with Crippen LogP contribution in [-0.4, -0.2) is 49.4 Å². The van der Waals surface area contributed by atoms with E-state index in [1.165, 1.54) is 32.4 Å². The number of ether oxygens (including phenoxy) is 2. The van der Waals surface area contributed by atoms with Crippen LogP contribution in [0.4, 0.5) is 5.69 Å². The van der Waals surface area contributed by atoms with Crippen LogP contribution in [-0.2, 0) is 19.1 Å². The minimum Gasteiger partial charge on any atom is -0.465 e. The van der Waals surface area contributed by atoms with E-state index in [1.807, 2.05) is 37.3 Å². The van der Waals surface area contributed by atoms with Gasteiger partial charge in [0, 0.05) is 18.7 Å². The molecule has 0 aliphatic carbocycles. The molecule has 0 aromatic heterocycles. The molecule has 0 radical (unpaired) electrons. The van der Waals surface area contributed by atoms with Crippen LogP contribution in [0.25, 0.3) is 0 Å². The van der Waals surface area contributed by atoms with Gasteiger partial charge in [-0.25, -0.2) is 9.59 Å². The largest absolute Gasteiger partial charge is 0.465 e. The molecule has 8 heteroatoms. The molecule has 2 aromatic rings. The molecule has 0 bridgehead atoms. The molecule has 1 aliphatic heterocycles. The van der Waals surface area contributed by atoms with Crippen molar-refractivity contribution >= 4 is 29.4 Å². The van der Waals surface area contributed by atoms with E-state index in [-0.39, 0.29) is 47.6 Å². The quantitative estimate of drug-likeness (QED) is 0.716. The summed E-state index contributed by atoms with van der Waals surface area (Å²) in [5.41, 5.74) is 1.44. The van der Waals surface area contributed by atoms with Crippen molar-refractivity contribution in [1.29, 1.82) is 0 Å². The second-order valence-corrected chi connectivity index (χ2v) is 7.31. The maximum absolute atomic E-state index is 12.8. The predicted octanol–water partition coefficient (Wildman–Crippen LogP) is 2.81. The molecule has 2 amide bonds. The third-order valence-electron chi connectivity index (χ3n) is 5.32. The first-order chi connectivity index (χ1) is 14.8.